The van der Waals surface area contributed by atoms with Crippen molar-refractivity contribution in [3.05, 3.63) is 33.9 Å². The van der Waals surface area contributed by atoms with Crippen LogP contribution in [0.2, 0.25) is 0 Å². The van der Waals surface area contributed by atoms with Gasteiger partial charge in [-0.1, -0.05) is 12.8 Å². The summed E-state index contributed by atoms with van der Waals surface area (Å²) in [5, 5.41) is 23.9. The van der Waals surface area contributed by atoms with E-state index in [9.17, 15) is 20.0 Å². The minimum absolute atomic E-state index is 0.0356. The van der Waals surface area contributed by atoms with Crippen LogP contribution >= 0.6 is 11.8 Å². The van der Waals surface area contributed by atoms with Crippen LogP contribution in [0.25, 0.3) is 0 Å². The first-order valence-corrected chi connectivity index (χ1v) is 8.01. The van der Waals surface area contributed by atoms with Crippen LogP contribution in [-0.2, 0) is 0 Å². The third-order valence-corrected chi connectivity index (χ3v) is 4.48. The SMILES string of the molecule is CSc1ccc([N+](=O)[O-])c(C(=O)NCC2(O)CCCC2)c1. The monoisotopic (exact) mass is 310 g/mol. The number of hydrogen-bond donors (Lipinski definition) is 2. The van der Waals surface area contributed by atoms with Crippen molar-refractivity contribution in [2.45, 2.75) is 36.2 Å². The van der Waals surface area contributed by atoms with Crippen LogP contribution in [-0.4, -0.2) is 34.3 Å². The Morgan fingerprint density at radius 1 is 1.48 bits per heavy atom. The van der Waals surface area contributed by atoms with Crippen molar-refractivity contribution in [3.8, 4) is 0 Å². The summed E-state index contributed by atoms with van der Waals surface area (Å²) < 4.78 is 0. The predicted molar refractivity (Wildman–Crippen MR) is 80.6 cm³/mol. The zero-order chi connectivity index (χ0) is 15.5. The van der Waals surface area contributed by atoms with Crippen LogP contribution in [0.5, 0.6) is 0 Å². The lowest BCUT2D eigenvalue weighted by atomic mass is 10.0. The molecule has 0 aliphatic heterocycles. The van der Waals surface area contributed by atoms with Crippen LogP contribution < -0.4 is 5.32 Å². The highest BCUT2D eigenvalue weighted by molar-refractivity contribution is 7.98. The smallest absolute Gasteiger partial charge is 0.282 e. The number of nitrogens with zero attached hydrogens (tertiary/aromatic N) is 1. The van der Waals surface area contributed by atoms with E-state index in [4.69, 9.17) is 0 Å². The summed E-state index contributed by atoms with van der Waals surface area (Å²) in [6.07, 6.45) is 5.02. The lowest BCUT2D eigenvalue weighted by Gasteiger charge is -2.22. The fourth-order valence-corrected chi connectivity index (χ4v) is 2.97. The molecule has 2 rings (SSSR count). The van der Waals surface area contributed by atoms with Gasteiger partial charge < -0.3 is 10.4 Å². The molecule has 1 aliphatic carbocycles. The van der Waals surface area contributed by atoms with Crippen molar-refractivity contribution in [2.75, 3.05) is 12.8 Å². The van der Waals surface area contributed by atoms with Crippen molar-refractivity contribution < 1.29 is 14.8 Å². The molecule has 0 atom stereocenters. The third-order valence-electron chi connectivity index (χ3n) is 3.76. The molecule has 1 aliphatic rings. The number of carbonyl (C=O) groups excluding carboxylic acids is 1. The van der Waals surface area contributed by atoms with E-state index in [1.165, 1.54) is 23.9 Å². The molecule has 0 heterocycles. The van der Waals surface area contributed by atoms with E-state index in [0.717, 1.165) is 17.7 Å². The van der Waals surface area contributed by atoms with Gasteiger partial charge in [-0.05, 0) is 31.2 Å². The van der Waals surface area contributed by atoms with Gasteiger partial charge in [0.25, 0.3) is 11.6 Å². The number of rotatable bonds is 5. The van der Waals surface area contributed by atoms with Crippen LogP contribution in [0.1, 0.15) is 36.0 Å². The average molecular weight is 310 g/mol. The van der Waals surface area contributed by atoms with Crippen LogP contribution in [0.3, 0.4) is 0 Å². The molecule has 0 saturated heterocycles. The van der Waals surface area contributed by atoms with E-state index < -0.39 is 16.4 Å². The maximum Gasteiger partial charge on any atom is 0.282 e. The molecule has 1 saturated carbocycles. The number of benzene rings is 1. The van der Waals surface area contributed by atoms with Gasteiger partial charge in [-0.3, -0.25) is 14.9 Å². The Morgan fingerprint density at radius 2 is 2.14 bits per heavy atom. The fraction of sp³-hybridized carbons (Fsp3) is 0.500. The van der Waals surface area contributed by atoms with Gasteiger partial charge in [0.05, 0.1) is 10.5 Å². The quantitative estimate of drug-likeness (QED) is 0.495. The summed E-state index contributed by atoms with van der Waals surface area (Å²) in [4.78, 5) is 23.4. The summed E-state index contributed by atoms with van der Waals surface area (Å²) in [5.74, 6) is -0.516. The Bertz CT molecular complexity index is 556. The zero-order valence-corrected chi connectivity index (χ0v) is 12.6. The number of nitro groups is 1. The van der Waals surface area contributed by atoms with Gasteiger partial charge in [-0.25, -0.2) is 0 Å². The summed E-state index contributed by atoms with van der Waals surface area (Å²) in [6.45, 7) is 0.131. The average Bonchev–Trinajstić information content (AvgIpc) is 2.91. The Balaban J connectivity index is 2.15. The molecule has 6 nitrogen and oxygen atoms in total. The maximum atomic E-state index is 12.2. The molecule has 0 unspecified atom stereocenters. The molecule has 1 aromatic rings. The normalized spacial score (nSPS) is 16.7. The van der Waals surface area contributed by atoms with Gasteiger partial charge in [0.1, 0.15) is 5.56 Å². The van der Waals surface area contributed by atoms with E-state index >= 15 is 0 Å². The van der Waals surface area contributed by atoms with Crippen molar-refractivity contribution >= 4 is 23.4 Å². The summed E-state index contributed by atoms with van der Waals surface area (Å²) >= 11 is 1.41. The van der Waals surface area contributed by atoms with Gasteiger partial charge in [-0.2, -0.15) is 0 Å². The molecule has 0 aromatic heterocycles. The maximum absolute atomic E-state index is 12.2. The highest BCUT2D eigenvalue weighted by Crippen LogP contribution is 2.29. The first kappa shape index (κ1) is 15.8. The number of aliphatic hydroxyl groups is 1. The number of nitro benzene ring substituents is 1. The molecule has 21 heavy (non-hydrogen) atoms. The van der Waals surface area contributed by atoms with Gasteiger partial charge in [-0.15, -0.1) is 11.8 Å². The van der Waals surface area contributed by atoms with Gasteiger partial charge in [0.15, 0.2) is 0 Å². The van der Waals surface area contributed by atoms with Gasteiger partial charge in [0.2, 0.25) is 0 Å². The van der Waals surface area contributed by atoms with Crippen LogP contribution in [0.4, 0.5) is 5.69 Å². The molecule has 0 bridgehead atoms. The van der Waals surface area contributed by atoms with Gasteiger partial charge in [0, 0.05) is 17.5 Å². The van der Waals surface area contributed by atoms with Gasteiger partial charge >= 0.3 is 0 Å². The van der Waals surface area contributed by atoms with E-state index in [1.807, 2.05) is 6.26 Å². The summed E-state index contributed by atoms with van der Waals surface area (Å²) in [6, 6.07) is 4.46. The lowest BCUT2D eigenvalue weighted by Crippen LogP contribution is -2.40. The largest absolute Gasteiger partial charge is 0.388 e. The molecule has 1 fully saturated rings. The second-order valence-corrected chi connectivity index (χ2v) is 6.13. The molecule has 114 valence electrons. The predicted octanol–water partition coefficient (Wildman–Crippen LogP) is 2.35. The molecule has 0 radical (unpaired) electrons. The fourth-order valence-electron chi connectivity index (χ4n) is 2.53. The van der Waals surface area contributed by atoms with Crippen molar-refractivity contribution in [1.82, 2.24) is 5.32 Å². The number of nitrogens with one attached hydrogen (secondary N) is 1. The Labute approximate surface area is 127 Å². The van der Waals surface area contributed by atoms with E-state index in [1.54, 1.807) is 6.07 Å². The van der Waals surface area contributed by atoms with E-state index in [-0.39, 0.29) is 17.8 Å². The lowest BCUT2D eigenvalue weighted by molar-refractivity contribution is -0.385. The number of amides is 1. The molecule has 1 amide bonds. The second-order valence-electron chi connectivity index (χ2n) is 5.25. The Morgan fingerprint density at radius 3 is 2.71 bits per heavy atom. The number of carbonyl (C=O) groups is 1. The Hall–Kier alpha value is -1.60. The molecule has 0 spiro atoms. The first-order valence-electron chi connectivity index (χ1n) is 6.78. The van der Waals surface area contributed by atoms with E-state index in [0.29, 0.717) is 12.8 Å². The molecule has 1 aromatic carbocycles. The van der Waals surface area contributed by atoms with Crippen LogP contribution in [0.15, 0.2) is 23.1 Å². The summed E-state index contributed by atoms with van der Waals surface area (Å²) in [5.41, 5.74) is -1.06. The summed E-state index contributed by atoms with van der Waals surface area (Å²) in [7, 11) is 0. The molecule has 7 heteroatoms. The second kappa shape index (κ2) is 6.44. The highest BCUT2D eigenvalue weighted by Gasteiger charge is 2.32. The third kappa shape index (κ3) is 3.74. The minimum Gasteiger partial charge on any atom is -0.388 e. The Kier molecular flexibility index (Phi) is 4.84. The van der Waals surface area contributed by atoms with Crippen molar-refractivity contribution in [3.63, 3.8) is 0 Å². The first-order chi connectivity index (χ1) is 9.95. The van der Waals surface area contributed by atoms with Crippen molar-refractivity contribution in [1.29, 1.82) is 0 Å². The standard InChI is InChI=1S/C14H18N2O4S/c1-21-10-4-5-12(16(19)20)11(8-10)13(17)15-9-14(18)6-2-3-7-14/h4-5,8,18H,2-3,6-7,9H2,1H3,(H,15,17). The molecular weight excluding hydrogens is 292 g/mol. The number of thioether (sulfide) groups is 1. The van der Waals surface area contributed by atoms with Crippen LogP contribution in [0, 0.1) is 10.1 Å². The molecular formula is C14H18N2O4S. The topological polar surface area (TPSA) is 92.5 Å². The molecule has 2 N–H and O–H groups in total. The minimum atomic E-state index is -0.873. The highest BCUT2D eigenvalue weighted by atomic mass is 32.2. The van der Waals surface area contributed by atoms with Crippen molar-refractivity contribution in [2.24, 2.45) is 0 Å². The zero-order valence-electron chi connectivity index (χ0n) is 11.8. The number of hydrogen-bond acceptors (Lipinski definition) is 5. The van der Waals surface area contributed by atoms with E-state index in [2.05, 4.69) is 5.32 Å².